The van der Waals surface area contributed by atoms with Gasteiger partial charge in [0.1, 0.15) is 0 Å². The first-order valence-electron chi connectivity index (χ1n) is 14.0. The second kappa shape index (κ2) is 20.0. The Labute approximate surface area is 219 Å². The zero-order valence-electron chi connectivity index (χ0n) is 23.9. The number of nitrogens with zero attached hydrogens (tertiary/aromatic N) is 2. The van der Waals surface area contributed by atoms with E-state index in [0.29, 0.717) is 6.98 Å². The third-order valence-corrected chi connectivity index (χ3v) is 5.96. The Morgan fingerprint density at radius 2 is 0.857 bits per heavy atom. The van der Waals surface area contributed by atoms with Crippen LogP contribution in [0.15, 0.2) is 0 Å². The molecule has 2 rings (SSSR count). The molecule has 0 spiro atoms. The summed E-state index contributed by atoms with van der Waals surface area (Å²) in [6.45, 7) is 18.6. The molecule has 0 bridgehead atoms. The minimum Gasteiger partial charge on any atom is -0.357 e. The van der Waals surface area contributed by atoms with E-state index in [1.165, 1.54) is 12.8 Å². The van der Waals surface area contributed by atoms with Crippen molar-refractivity contribution in [2.45, 2.75) is 73.5 Å². The third-order valence-electron chi connectivity index (χ3n) is 5.96. The maximum atomic E-state index is 3.58. The van der Waals surface area contributed by atoms with Gasteiger partial charge in [-0.15, -0.1) is 0 Å². The summed E-state index contributed by atoms with van der Waals surface area (Å²) in [5.41, 5.74) is 0. The van der Waals surface area contributed by atoms with Gasteiger partial charge < -0.3 is 56.1 Å². The Hall–Kier alpha value is -0.0504. The first-order valence-corrected chi connectivity index (χ1v) is 14.0. The van der Waals surface area contributed by atoms with Crippen molar-refractivity contribution in [2.24, 2.45) is 0 Å². The maximum Gasteiger partial charge on any atom is 0.378 e. The van der Waals surface area contributed by atoms with Crippen LogP contribution in [0.3, 0.4) is 0 Å². The molecule has 0 saturated carbocycles. The molecular weight excluding hydrogens is 435 g/mol. The highest BCUT2D eigenvalue weighted by atomic mass is 15.3. The van der Waals surface area contributed by atoms with Gasteiger partial charge in [0.25, 0.3) is 6.98 Å². The van der Waals surface area contributed by atoms with Gasteiger partial charge in [0.05, 0.1) is 0 Å². The lowest BCUT2D eigenvalue weighted by Crippen LogP contribution is -2.84. The predicted molar refractivity (Wildman–Crippen MR) is 160 cm³/mol. The van der Waals surface area contributed by atoms with Crippen LogP contribution in [0, 0.1) is 0 Å². The van der Waals surface area contributed by atoms with Crippen LogP contribution in [0.5, 0.6) is 0 Å². The average molecular weight is 489 g/mol. The molecule has 0 unspecified atom stereocenters. The fourth-order valence-corrected chi connectivity index (χ4v) is 4.10. The van der Waals surface area contributed by atoms with Crippen LogP contribution in [-0.2, 0) is 0 Å². The minimum absolute atomic E-state index is 0.134. The van der Waals surface area contributed by atoms with E-state index in [-0.39, 0.29) is 35.6 Å². The van der Waals surface area contributed by atoms with Crippen molar-refractivity contribution >= 4 is 42.6 Å². The zero-order chi connectivity index (χ0) is 26.1. The Morgan fingerprint density at radius 3 is 1.14 bits per heavy atom. The largest absolute Gasteiger partial charge is 0.378 e. The van der Waals surface area contributed by atoms with Gasteiger partial charge in [-0.2, -0.15) is 0 Å². The average Bonchev–Trinajstić information content (AvgIpc) is 2.85. The lowest BCUT2D eigenvalue weighted by Gasteiger charge is -2.38. The summed E-state index contributed by atoms with van der Waals surface area (Å²) in [5, 5.41) is 31.3. The van der Waals surface area contributed by atoms with Crippen molar-refractivity contribution in [3.63, 3.8) is 0 Å². The summed E-state index contributed by atoms with van der Waals surface area (Å²) in [5.74, 6) is 0. The van der Waals surface area contributed by atoms with Crippen molar-refractivity contribution < 1.29 is 0 Å². The highest BCUT2D eigenvalue weighted by Crippen LogP contribution is 1.97. The van der Waals surface area contributed by atoms with Crippen molar-refractivity contribution in [1.82, 2.24) is 56.1 Å². The molecule has 11 nitrogen and oxygen atoms in total. The maximum absolute atomic E-state index is 3.58. The van der Waals surface area contributed by atoms with E-state index in [2.05, 4.69) is 112 Å². The summed E-state index contributed by atoms with van der Waals surface area (Å²) in [6, 6.07) is 0. The van der Waals surface area contributed by atoms with E-state index in [1.54, 1.807) is 0 Å². The molecule has 0 atom stereocenters. The smallest absolute Gasteiger partial charge is 0.357 e. The van der Waals surface area contributed by atoms with E-state index in [1.807, 2.05) is 0 Å². The van der Waals surface area contributed by atoms with E-state index in [0.717, 1.165) is 52.0 Å². The molecule has 0 aromatic heterocycles. The summed E-state index contributed by atoms with van der Waals surface area (Å²) >= 11 is 0. The van der Waals surface area contributed by atoms with Crippen LogP contribution < -0.4 is 46.5 Å². The van der Waals surface area contributed by atoms with Gasteiger partial charge in [-0.3, -0.25) is 0 Å². The SMILES string of the molecule is CCCN(C)B1NB(C)NB(N(C)CCC)N1.CCCNB1NB(NCCC)NB(NCCC)N1. The second-order valence-electron chi connectivity index (χ2n) is 9.65. The molecular formula is C18H53B6N11. The van der Waals surface area contributed by atoms with Gasteiger partial charge in [0, 0.05) is 0 Å². The standard InChI is InChI=1S/C9H27B3N6.C9H26B3N5/c1-4-7-13-10-16-11(14-8-5-2)18-12(17-10)15-9-6-3;1-6-8-16(4)11-13-10(3)14-12(15-11)17(5)9-7-2/h13-18H,4-9H2,1-3H3;13-15H,6-9H2,1-5H3. The molecule has 198 valence electrons. The molecule has 17 heteroatoms. The molecule has 0 aromatic carbocycles. The Balaban J connectivity index is 0.000000351. The van der Waals surface area contributed by atoms with Gasteiger partial charge in [-0.25, -0.2) is 0 Å². The third kappa shape index (κ3) is 13.9. The van der Waals surface area contributed by atoms with Crippen molar-refractivity contribution in [3.8, 4) is 0 Å². The molecule has 2 aliphatic heterocycles. The lowest BCUT2D eigenvalue weighted by molar-refractivity contribution is 0.481. The molecule has 35 heavy (non-hydrogen) atoms. The molecule has 0 amide bonds. The predicted octanol–water partition coefficient (Wildman–Crippen LogP) is -1.74. The summed E-state index contributed by atoms with van der Waals surface area (Å²) in [6.07, 6.45) is 5.75. The van der Waals surface area contributed by atoms with Crippen LogP contribution in [0.4, 0.5) is 0 Å². The Morgan fingerprint density at radius 1 is 0.514 bits per heavy atom. The topological polar surface area (TPSA) is 115 Å². The zero-order valence-corrected chi connectivity index (χ0v) is 23.9. The van der Waals surface area contributed by atoms with Gasteiger partial charge in [-0.05, 0) is 78.9 Å². The fourth-order valence-electron chi connectivity index (χ4n) is 4.10. The lowest BCUT2D eigenvalue weighted by atomic mass is 9.58. The first-order chi connectivity index (χ1) is 16.9. The summed E-state index contributed by atoms with van der Waals surface area (Å²) in [7, 11) is 5.21. The van der Waals surface area contributed by atoms with E-state index < -0.39 is 0 Å². The van der Waals surface area contributed by atoms with Gasteiger partial charge in [0.15, 0.2) is 0 Å². The fraction of sp³-hybridized carbons (Fsp3) is 1.00. The molecule has 2 aliphatic rings. The van der Waals surface area contributed by atoms with Gasteiger partial charge >= 0.3 is 35.6 Å². The monoisotopic (exact) mass is 490 g/mol. The first kappa shape index (κ1) is 33.0. The number of hydrogen-bond donors (Lipinski definition) is 9. The van der Waals surface area contributed by atoms with E-state index in [4.69, 9.17) is 0 Å². The molecule has 2 fully saturated rings. The van der Waals surface area contributed by atoms with Crippen LogP contribution >= 0.6 is 0 Å². The Bertz CT molecular complexity index is 458. The molecule has 0 radical (unpaired) electrons. The highest BCUT2D eigenvalue weighted by molar-refractivity contribution is 6.85. The molecule has 0 aromatic rings. The highest BCUT2D eigenvalue weighted by Gasteiger charge is 2.37. The number of rotatable bonds is 15. The van der Waals surface area contributed by atoms with E-state index >= 15 is 0 Å². The quantitative estimate of drug-likeness (QED) is 0.123. The van der Waals surface area contributed by atoms with Crippen LogP contribution in [0.2, 0.25) is 6.82 Å². The molecule has 2 saturated heterocycles. The molecule has 9 N–H and O–H groups in total. The number of nitrogens with one attached hydrogen (secondary N) is 9. The molecule has 0 aliphatic carbocycles. The summed E-state index contributed by atoms with van der Waals surface area (Å²) in [4.78, 5) is 4.65. The van der Waals surface area contributed by atoms with Gasteiger partial charge in [-0.1, -0.05) is 41.4 Å². The molecule has 2 heterocycles. The van der Waals surface area contributed by atoms with E-state index in [9.17, 15) is 0 Å². The normalized spacial score (nSPS) is 17.0. The van der Waals surface area contributed by atoms with Crippen LogP contribution in [0.1, 0.15) is 66.7 Å². The minimum atomic E-state index is 0.134. The Kier molecular flexibility index (Phi) is 18.8. The van der Waals surface area contributed by atoms with Crippen molar-refractivity contribution in [3.05, 3.63) is 0 Å². The van der Waals surface area contributed by atoms with Crippen molar-refractivity contribution in [1.29, 1.82) is 0 Å². The van der Waals surface area contributed by atoms with Crippen LogP contribution in [-0.4, -0.2) is 99.0 Å². The second-order valence-corrected chi connectivity index (χ2v) is 9.65. The number of hydrogen-bond acceptors (Lipinski definition) is 11. The van der Waals surface area contributed by atoms with Crippen LogP contribution in [0.25, 0.3) is 0 Å². The summed E-state index contributed by atoms with van der Waals surface area (Å²) < 4.78 is 0. The van der Waals surface area contributed by atoms with Crippen molar-refractivity contribution in [2.75, 3.05) is 46.8 Å². The van der Waals surface area contributed by atoms with Gasteiger partial charge in [0.2, 0.25) is 0 Å².